The van der Waals surface area contributed by atoms with Gasteiger partial charge in [-0.25, -0.2) is 4.98 Å². The number of aromatic nitrogens is 1. The fraction of sp³-hybridized carbons (Fsp3) is 0.364. The minimum absolute atomic E-state index is 0.0311. The van der Waals surface area contributed by atoms with Gasteiger partial charge in [0.1, 0.15) is 5.52 Å². The summed E-state index contributed by atoms with van der Waals surface area (Å²) in [6.45, 7) is 2.31. The predicted octanol–water partition coefficient (Wildman–Crippen LogP) is 0.868. The van der Waals surface area contributed by atoms with Crippen molar-refractivity contribution in [2.24, 2.45) is 5.73 Å². The number of nitrogens with zero attached hydrogens (tertiary/aromatic N) is 1. The van der Waals surface area contributed by atoms with Gasteiger partial charge in [-0.3, -0.25) is 0 Å². The number of fused-ring (bicyclic) bond motifs is 1. The molecule has 4 N–H and O–H groups in total. The Morgan fingerprint density at radius 3 is 3.12 bits per heavy atom. The zero-order valence-corrected chi connectivity index (χ0v) is 9.10. The Morgan fingerprint density at radius 1 is 1.56 bits per heavy atom. The predicted molar refractivity (Wildman–Crippen MR) is 62.3 cm³/mol. The molecule has 0 spiro atoms. The standard InChI is InChI=1S/C11H15N3O2/c1-7-14-10-3-2-9(4-11(10)16-7)13-5-8(12)6-15/h2-4,8,13,15H,5-6,12H2,1H3. The lowest BCUT2D eigenvalue weighted by Crippen LogP contribution is -2.32. The Hall–Kier alpha value is -1.59. The molecule has 1 atom stereocenters. The third-order valence-electron chi connectivity index (χ3n) is 2.30. The van der Waals surface area contributed by atoms with Gasteiger partial charge in [-0.15, -0.1) is 0 Å². The first kappa shape index (κ1) is 10.9. The van der Waals surface area contributed by atoms with Crippen molar-refractivity contribution < 1.29 is 9.52 Å². The summed E-state index contributed by atoms with van der Waals surface area (Å²) < 4.78 is 5.41. The van der Waals surface area contributed by atoms with Crippen molar-refractivity contribution in [2.75, 3.05) is 18.5 Å². The van der Waals surface area contributed by atoms with E-state index in [0.29, 0.717) is 12.4 Å². The van der Waals surface area contributed by atoms with E-state index >= 15 is 0 Å². The van der Waals surface area contributed by atoms with Crippen molar-refractivity contribution >= 4 is 16.8 Å². The number of nitrogens with two attached hydrogens (primary N) is 1. The smallest absolute Gasteiger partial charge is 0.192 e. The molecule has 5 nitrogen and oxygen atoms in total. The molecule has 5 heteroatoms. The minimum Gasteiger partial charge on any atom is -0.441 e. The van der Waals surface area contributed by atoms with Gasteiger partial charge in [0, 0.05) is 31.3 Å². The van der Waals surface area contributed by atoms with Crippen LogP contribution in [0.5, 0.6) is 0 Å². The molecule has 0 amide bonds. The topological polar surface area (TPSA) is 84.3 Å². The molecule has 0 saturated heterocycles. The Morgan fingerprint density at radius 2 is 2.38 bits per heavy atom. The van der Waals surface area contributed by atoms with Crippen LogP contribution in [0.1, 0.15) is 5.89 Å². The summed E-state index contributed by atoms with van der Waals surface area (Å²) in [6.07, 6.45) is 0. The highest BCUT2D eigenvalue weighted by atomic mass is 16.3. The minimum atomic E-state index is -0.257. The summed E-state index contributed by atoms with van der Waals surface area (Å²) in [7, 11) is 0. The number of oxazole rings is 1. The van der Waals surface area contributed by atoms with Crippen LogP contribution in [0.25, 0.3) is 11.1 Å². The van der Waals surface area contributed by atoms with Gasteiger partial charge < -0.3 is 20.6 Å². The van der Waals surface area contributed by atoms with Gasteiger partial charge in [0.2, 0.25) is 0 Å². The van der Waals surface area contributed by atoms with Crippen LogP contribution in [0.15, 0.2) is 22.6 Å². The number of anilines is 1. The summed E-state index contributed by atoms with van der Waals surface area (Å²) in [6, 6.07) is 5.42. The molecule has 1 unspecified atom stereocenters. The van der Waals surface area contributed by atoms with Crippen LogP contribution in [0.3, 0.4) is 0 Å². The SMILES string of the molecule is Cc1nc2ccc(NCC(N)CO)cc2o1. The molecule has 0 fully saturated rings. The van der Waals surface area contributed by atoms with Crippen LogP contribution in [0.2, 0.25) is 0 Å². The van der Waals surface area contributed by atoms with Crippen molar-refractivity contribution in [1.82, 2.24) is 4.98 Å². The molecule has 1 heterocycles. The quantitative estimate of drug-likeness (QED) is 0.713. The number of aliphatic hydroxyl groups excluding tert-OH is 1. The summed E-state index contributed by atoms with van der Waals surface area (Å²) >= 11 is 0. The molecule has 0 aliphatic heterocycles. The second-order valence-electron chi connectivity index (χ2n) is 3.74. The van der Waals surface area contributed by atoms with E-state index in [0.717, 1.165) is 16.8 Å². The first-order valence-corrected chi connectivity index (χ1v) is 5.16. The average Bonchev–Trinajstić information content (AvgIpc) is 2.65. The highest BCUT2D eigenvalue weighted by Crippen LogP contribution is 2.19. The molecule has 1 aromatic carbocycles. The number of aryl methyl sites for hydroxylation is 1. The third-order valence-corrected chi connectivity index (χ3v) is 2.30. The fourth-order valence-corrected chi connectivity index (χ4v) is 1.46. The van der Waals surface area contributed by atoms with Gasteiger partial charge in [-0.1, -0.05) is 0 Å². The Balaban J connectivity index is 2.13. The second kappa shape index (κ2) is 4.51. The number of nitrogens with one attached hydrogen (secondary N) is 1. The van der Waals surface area contributed by atoms with Gasteiger partial charge >= 0.3 is 0 Å². The monoisotopic (exact) mass is 221 g/mol. The van der Waals surface area contributed by atoms with E-state index in [2.05, 4.69) is 10.3 Å². The normalized spacial score (nSPS) is 12.9. The molecule has 1 aromatic heterocycles. The molecule has 0 saturated carbocycles. The molecular weight excluding hydrogens is 206 g/mol. The number of aliphatic hydroxyl groups is 1. The Kier molecular flexibility index (Phi) is 3.07. The summed E-state index contributed by atoms with van der Waals surface area (Å²) in [5.74, 6) is 0.652. The van der Waals surface area contributed by atoms with Crippen LogP contribution in [0, 0.1) is 6.92 Å². The molecule has 0 radical (unpaired) electrons. The van der Waals surface area contributed by atoms with Gasteiger partial charge in [-0.2, -0.15) is 0 Å². The highest BCUT2D eigenvalue weighted by Gasteiger charge is 2.04. The molecule has 2 aromatic rings. The lowest BCUT2D eigenvalue weighted by molar-refractivity contribution is 0.270. The molecule has 16 heavy (non-hydrogen) atoms. The lowest BCUT2D eigenvalue weighted by atomic mass is 10.2. The second-order valence-corrected chi connectivity index (χ2v) is 3.74. The van der Waals surface area contributed by atoms with E-state index in [-0.39, 0.29) is 12.6 Å². The number of benzene rings is 1. The molecule has 0 aliphatic carbocycles. The fourth-order valence-electron chi connectivity index (χ4n) is 1.46. The van der Waals surface area contributed by atoms with Gasteiger partial charge in [0.25, 0.3) is 0 Å². The molecule has 0 bridgehead atoms. The van der Waals surface area contributed by atoms with E-state index in [1.165, 1.54) is 0 Å². The zero-order chi connectivity index (χ0) is 11.5. The number of hydrogen-bond donors (Lipinski definition) is 3. The van der Waals surface area contributed by atoms with Crippen molar-refractivity contribution in [3.8, 4) is 0 Å². The van der Waals surface area contributed by atoms with Crippen molar-refractivity contribution in [2.45, 2.75) is 13.0 Å². The summed E-state index contributed by atoms with van der Waals surface area (Å²) in [4.78, 5) is 4.21. The van der Waals surface area contributed by atoms with E-state index in [4.69, 9.17) is 15.3 Å². The molecule has 86 valence electrons. The van der Waals surface area contributed by atoms with Crippen molar-refractivity contribution in [3.63, 3.8) is 0 Å². The van der Waals surface area contributed by atoms with Crippen LogP contribution >= 0.6 is 0 Å². The zero-order valence-electron chi connectivity index (χ0n) is 9.10. The maximum Gasteiger partial charge on any atom is 0.192 e. The molecular formula is C11H15N3O2. The van der Waals surface area contributed by atoms with Crippen LogP contribution < -0.4 is 11.1 Å². The largest absolute Gasteiger partial charge is 0.441 e. The maximum absolute atomic E-state index is 8.79. The Bertz CT molecular complexity index is 481. The van der Waals surface area contributed by atoms with Crippen molar-refractivity contribution in [1.29, 1.82) is 0 Å². The van der Waals surface area contributed by atoms with Gasteiger partial charge in [0.15, 0.2) is 11.5 Å². The maximum atomic E-state index is 8.79. The number of hydrogen-bond acceptors (Lipinski definition) is 5. The van der Waals surface area contributed by atoms with Gasteiger partial charge in [0.05, 0.1) is 6.61 Å². The van der Waals surface area contributed by atoms with E-state index in [1.807, 2.05) is 25.1 Å². The lowest BCUT2D eigenvalue weighted by Gasteiger charge is -2.10. The van der Waals surface area contributed by atoms with E-state index in [1.54, 1.807) is 0 Å². The van der Waals surface area contributed by atoms with E-state index < -0.39 is 0 Å². The summed E-state index contributed by atoms with van der Waals surface area (Å²) in [5, 5.41) is 11.9. The first-order chi connectivity index (χ1) is 7.69. The highest BCUT2D eigenvalue weighted by molar-refractivity contribution is 5.77. The summed E-state index contributed by atoms with van der Waals surface area (Å²) in [5.41, 5.74) is 8.09. The van der Waals surface area contributed by atoms with Crippen molar-refractivity contribution in [3.05, 3.63) is 24.1 Å². The average molecular weight is 221 g/mol. The molecule has 0 aliphatic rings. The third kappa shape index (κ3) is 2.32. The van der Waals surface area contributed by atoms with E-state index in [9.17, 15) is 0 Å². The van der Waals surface area contributed by atoms with Crippen LogP contribution in [-0.2, 0) is 0 Å². The van der Waals surface area contributed by atoms with Gasteiger partial charge in [-0.05, 0) is 12.1 Å². The van der Waals surface area contributed by atoms with Crippen LogP contribution in [0.4, 0.5) is 5.69 Å². The first-order valence-electron chi connectivity index (χ1n) is 5.16. The Labute approximate surface area is 93.3 Å². The number of rotatable bonds is 4. The molecule has 2 rings (SSSR count). The van der Waals surface area contributed by atoms with Crippen LogP contribution in [-0.4, -0.2) is 29.3 Å².